The van der Waals surface area contributed by atoms with Gasteiger partial charge in [0.15, 0.2) is 0 Å². The minimum atomic E-state index is -0.0479. The molecule has 2 N–H and O–H groups in total. The maximum atomic E-state index is 12.0. The van der Waals surface area contributed by atoms with Crippen LogP contribution in [0.15, 0.2) is 24.3 Å². The van der Waals surface area contributed by atoms with Crippen LogP contribution >= 0.6 is 0 Å². The lowest BCUT2D eigenvalue weighted by molar-refractivity contribution is -0.117. The van der Waals surface area contributed by atoms with Crippen molar-refractivity contribution in [3.63, 3.8) is 0 Å². The first-order chi connectivity index (χ1) is 10.1. The van der Waals surface area contributed by atoms with E-state index in [1.807, 2.05) is 24.3 Å². The molecule has 1 fully saturated rings. The van der Waals surface area contributed by atoms with Crippen LogP contribution in [-0.4, -0.2) is 36.7 Å². The number of rotatable bonds is 5. The minimum Gasteiger partial charge on any atom is -0.497 e. The standard InChI is InChI=1S/C16H25N3O2/c1-12-6-4-7-13(2)19(12)17-11-16(20)18-14-8-5-9-15(10-14)21-3/h5,8-10,12-13,17H,4,6-7,11H2,1-3H3,(H,18,20). The highest BCUT2D eigenvalue weighted by molar-refractivity contribution is 5.92. The number of piperidine rings is 1. The third-order valence-electron chi connectivity index (χ3n) is 3.97. The summed E-state index contributed by atoms with van der Waals surface area (Å²) in [5.74, 6) is 0.687. The van der Waals surface area contributed by atoms with Crippen LogP contribution < -0.4 is 15.5 Å². The monoisotopic (exact) mass is 291 g/mol. The largest absolute Gasteiger partial charge is 0.497 e. The summed E-state index contributed by atoms with van der Waals surface area (Å²) in [4.78, 5) is 12.0. The van der Waals surface area contributed by atoms with Crippen molar-refractivity contribution in [3.8, 4) is 5.75 Å². The van der Waals surface area contributed by atoms with Gasteiger partial charge in [0, 0.05) is 23.8 Å². The predicted octanol–water partition coefficient (Wildman–Crippen LogP) is 2.40. The topological polar surface area (TPSA) is 53.6 Å². The van der Waals surface area contributed by atoms with Crippen LogP contribution in [0, 0.1) is 0 Å². The maximum absolute atomic E-state index is 12.0. The molecule has 21 heavy (non-hydrogen) atoms. The zero-order chi connectivity index (χ0) is 15.2. The van der Waals surface area contributed by atoms with E-state index in [0.29, 0.717) is 12.1 Å². The highest BCUT2D eigenvalue weighted by atomic mass is 16.5. The number of benzene rings is 1. The highest BCUT2D eigenvalue weighted by Gasteiger charge is 2.24. The van der Waals surface area contributed by atoms with Gasteiger partial charge in [0.1, 0.15) is 5.75 Å². The molecule has 1 amide bonds. The molecule has 0 aromatic heterocycles. The summed E-state index contributed by atoms with van der Waals surface area (Å²) in [6.07, 6.45) is 3.61. The Kier molecular flexibility index (Phi) is 5.59. The zero-order valence-electron chi connectivity index (χ0n) is 13.1. The molecule has 0 radical (unpaired) electrons. The average molecular weight is 291 g/mol. The van der Waals surface area contributed by atoms with Crippen molar-refractivity contribution in [1.29, 1.82) is 0 Å². The van der Waals surface area contributed by atoms with E-state index >= 15 is 0 Å². The van der Waals surface area contributed by atoms with Crippen molar-refractivity contribution in [3.05, 3.63) is 24.3 Å². The predicted molar refractivity (Wildman–Crippen MR) is 84.2 cm³/mol. The van der Waals surface area contributed by atoms with Crippen molar-refractivity contribution in [1.82, 2.24) is 10.4 Å². The summed E-state index contributed by atoms with van der Waals surface area (Å²) in [6.45, 7) is 4.68. The molecule has 1 aliphatic heterocycles. The second kappa shape index (κ2) is 7.43. The molecule has 1 aliphatic rings. The van der Waals surface area contributed by atoms with Gasteiger partial charge in [0.25, 0.3) is 0 Å². The first kappa shape index (κ1) is 15.8. The molecule has 2 rings (SSSR count). The number of ether oxygens (including phenoxy) is 1. The van der Waals surface area contributed by atoms with Gasteiger partial charge >= 0.3 is 0 Å². The summed E-state index contributed by atoms with van der Waals surface area (Å²) >= 11 is 0. The normalized spacial score (nSPS) is 22.8. The van der Waals surface area contributed by atoms with E-state index in [1.165, 1.54) is 19.3 Å². The highest BCUT2D eigenvalue weighted by Crippen LogP contribution is 2.20. The van der Waals surface area contributed by atoms with Crippen LogP contribution in [0.1, 0.15) is 33.1 Å². The van der Waals surface area contributed by atoms with Gasteiger partial charge < -0.3 is 10.1 Å². The molecule has 1 heterocycles. The average Bonchev–Trinajstić information content (AvgIpc) is 2.47. The summed E-state index contributed by atoms with van der Waals surface area (Å²) in [5, 5.41) is 5.08. The van der Waals surface area contributed by atoms with E-state index in [-0.39, 0.29) is 12.5 Å². The fourth-order valence-electron chi connectivity index (χ4n) is 2.80. The summed E-state index contributed by atoms with van der Waals surface area (Å²) in [6, 6.07) is 8.31. The third kappa shape index (κ3) is 4.44. The van der Waals surface area contributed by atoms with Gasteiger partial charge in [-0.2, -0.15) is 0 Å². The molecular weight excluding hydrogens is 266 g/mol. The number of hydrogen-bond donors (Lipinski definition) is 2. The number of amides is 1. The lowest BCUT2D eigenvalue weighted by Gasteiger charge is -2.38. The third-order valence-corrected chi connectivity index (χ3v) is 3.97. The van der Waals surface area contributed by atoms with Crippen molar-refractivity contribution in [2.24, 2.45) is 0 Å². The van der Waals surface area contributed by atoms with Crippen LogP contribution in [-0.2, 0) is 4.79 Å². The molecule has 1 saturated heterocycles. The van der Waals surface area contributed by atoms with Crippen LogP contribution in [0.3, 0.4) is 0 Å². The van der Waals surface area contributed by atoms with E-state index in [4.69, 9.17) is 4.74 Å². The Hall–Kier alpha value is -1.59. The lowest BCUT2D eigenvalue weighted by atomic mass is 10.00. The second-order valence-corrected chi connectivity index (χ2v) is 5.65. The Bertz CT molecular complexity index is 468. The maximum Gasteiger partial charge on any atom is 0.239 e. The number of hydrogen-bond acceptors (Lipinski definition) is 4. The Labute approximate surface area is 126 Å². The summed E-state index contributed by atoms with van der Waals surface area (Å²) < 4.78 is 5.14. The van der Waals surface area contributed by atoms with Crippen molar-refractivity contribution in [2.45, 2.75) is 45.2 Å². The quantitative estimate of drug-likeness (QED) is 0.874. The number of nitrogens with zero attached hydrogens (tertiary/aromatic N) is 1. The molecule has 116 valence electrons. The molecule has 0 bridgehead atoms. The molecule has 1 aromatic rings. The van der Waals surface area contributed by atoms with Crippen LogP contribution in [0.25, 0.3) is 0 Å². The fourth-order valence-corrected chi connectivity index (χ4v) is 2.80. The number of carbonyl (C=O) groups is 1. The minimum absolute atomic E-state index is 0.0479. The summed E-state index contributed by atoms with van der Waals surface area (Å²) in [7, 11) is 1.61. The molecule has 2 atom stereocenters. The molecule has 5 nitrogen and oxygen atoms in total. The smallest absolute Gasteiger partial charge is 0.239 e. The van der Waals surface area contributed by atoms with E-state index in [2.05, 4.69) is 29.6 Å². The van der Waals surface area contributed by atoms with E-state index in [9.17, 15) is 4.79 Å². The Balaban J connectivity index is 1.84. The number of methoxy groups -OCH3 is 1. The molecular formula is C16H25N3O2. The van der Waals surface area contributed by atoms with E-state index in [1.54, 1.807) is 7.11 Å². The van der Waals surface area contributed by atoms with Gasteiger partial charge in [-0.3, -0.25) is 4.79 Å². The molecule has 5 heteroatoms. The second-order valence-electron chi connectivity index (χ2n) is 5.65. The van der Waals surface area contributed by atoms with Gasteiger partial charge in [0.05, 0.1) is 13.7 Å². The molecule has 0 saturated carbocycles. The van der Waals surface area contributed by atoms with Crippen LogP contribution in [0.5, 0.6) is 5.75 Å². The van der Waals surface area contributed by atoms with Gasteiger partial charge in [-0.05, 0) is 38.8 Å². The van der Waals surface area contributed by atoms with Gasteiger partial charge in [-0.15, -0.1) is 0 Å². The van der Waals surface area contributed by atoms with Gasteiger partial charge in [0.2, 0.25) is 5.91 Å². The van der Waals surface area contributed by atoms with Crippen molar-refractivity contribution < 1.29 is 9.53 Å². The molecule has 0 spiro atoms. The van der Waals surface area contributed by atoms with Gasteiger partial charge in [-0.25, -0.2) is 10.4 Å². The molecule has 1 aromatic carbocycles. The fraction of sp³-hybridized carbons (Fsp3) is 0.562. The van der Waals surface area contributed by atoms with Gasteiger partial charge in [-0.1, -0.05) is 12.5 Å². The first-order valence-corrected chi connectivity index (χ1v) is 7.56. The van der Waals surface area contributed by atoms with Crippen LogP contribution in [0.2, 0.25) is 0 Å². The SMILES string of the molecule is COc1cccc(NC(=O)CNN2C(C)CCCC2C)c1. The van der Waals surface area contributed by atoms with Crippen molar-refractivity contribution >= 4 is 11.6 Å². The number of nitrogens with one attached hydrogen (secondary N) is 2. The molecule has 2 unspecified atom stereocenters. The first-order valence-electron chi connectivity index (χ1n) is 7.56. The molecule has 0 aliphatic carbocycles. The summed E-state index contributed by atoms with van der Waals surface area (Å²) in [5.41, 5.74) is 4.01. The van der Waals surface area contributed by atoms with Crippen LogP contribution in [0.4, 0.5) is 5.69 Å². The number of anilines is 1. The Morgan fingerprint density at radius 1 is 1.33 bits per heavy atom. The van der Waals surface area contributed by atoms with E-state index in [0.717, 1.165) is 11.4 Å². The van der Waals surface area contributed by atoms with E-state index < -0.39 is 0 Å². The zero-order valence-corrected chi connectivity index (χ0v) is 13.1. The number of hydrazine groups is 1. The van der Waals surface area contributed by atoms with Crippen molar-refractivity contribution in [2.75, 3.05) is 19.0 Å². The Morgan fingerprint density at radius 3 is 2.71 bits per heavy atom. The number of carbonyl (C=O) groups excluding carboxylic acids is 1. The lowest BCUT2D eigenvalue weighted by Crippen LogP contribution is -2.53. The Morgan fingerprint density at radius 2 is 2.05 bits per heavy atom.